The predicted octanol–water partition coefficient (Wildman–Crippen LogP) is 2.30. The van der Waals surface area contributed by atoms with Gasteiger partial charge in [0.2, 0.25) is 5.91 Å². The summed E-state index contributed by atoms with van der Waals surface area (Å²) in [4.78, 5) is 14.3. The van der Waals surface area contributed by atoms with Crippen molar-refractivity contribution >= 4 is 5.91 Å². The van der Waals surface area contributed by atoms with Crippen LogP contribution in [-0.2, 0) is 11.2 Å². The number of nitrogens with one attached hydrogen (secondary N) is 1. The smallest absolute Gasteiger partial charge is 0.222 e. The van der Waals surface area contributed by atoms with Crippen molar-refractivity contribution in [1.82, 2.24) is 15.1 Å². The largest absolute Gasteiger partial charge is 0.342 e. The van der Waals surface area contributed by atoms with Gasteiger partial charge in [-0.3, -0.25) is 9.89 Å². The van der Waals surface area contributed by atoms with Crippen molar-refractivity contribution in [1.29, 1.82) is 0 Å². The fourth-order valence-corrected chi connectivity index (χ4v) is 3.02. The molecule has 1 amide bonds. The van der Waals surface area contributed by atoms with Crippen LogP contribution in [0.4, 0.5) is 0 Å². The van der Waals surface area contributed by atoms with E-state index in [1.54, 1.807) is 0 Å². The van der Waals surface area contributed by atoms with Crippen LogP contribution in [0.2, 0.25) is 0 Å². The standard InChI is InChI=1S/C15H23N3O/c1-11-9-16-17-14(11)7-13-3-2-6-18(10-13)15(19)8-12-4-5-12/h9,12-13H,2-8,10H2,1H3,(H,16,17)/t13-/m0/s1. The van der Waals surface area contributed by atoms with E-state index in [1.807, 2.05) is 6.20 Å². The Morgan fingerprint density at radius 2 is 2.26 bits per heavy atom. The number of H-pyrrole nitrogens is 1. The molecule has 2 fully saturated rings. The van der Waals surface area contributed by atoms with Crippen molar-refractivity contribution < 1.29 is 4.79 Å². The lowest BCUT2D eigenvalue weighted by Gasteiger charge is -2.33. The number of carbonyl (C=O) groups is 1. The highest BCUT2D eigenvalue weighted by Gasteiger charge is 2.29. The van der Waals surface area contributed by atoms with Gasteiger partial charge in [-0.15, -0.1) is 0 Å². The number of hydrogen-bond acceptors (Lipinski definition) is 2. The van der Waals surface area contributed by atoms with Crippen molar-refractivity contribution in [2.24, 2.45) is 11.8 Å². The number of nitrogens with zero attached hydrogens (tertiary/aromatic N) is 2. The second kappa shape index (κ2) is 5.35. The van der Waals surface area contributed by atoms with Gasteiger partial charge in [-0.05, 0) is 56.4 Å². The Balaban J connectivity index is 1.55. The summed E-state index contributed by atoms with van der Waals surface area (Å²) in [5.74, 6) is 1.67. The van der Waals surface area contributed by atoms with Crippen LogP contribution < -0.4 is 0 Å². The Morgan fingerprint density at radius 3 is 2.95 bits per heavy atom. The fourth-order valence-electron chi connectivity index (χ4n) is 3.02. The molecule has 0 aromatic carbocycles. The van der Waals surface area contributed by atoms with E-state index in [1.165, 1.54) is 30.5 Å². The number of aromatic amines is 1. The van der Waals surface area contributed by atoms with Gasteiger partial charge in [0.15, 0.2) is 0 Å². The average Bonchev–Trinajstić information content (AvgIpc) is 3.13. The van der Waals surface area contributed by atoms with Crippen molar-refractivity contribution in [3.63, 3.8) is 0 Å². The molecule has 2 aliphatic rings. The molecular formula is C15H23N3O. The summed E-state index contributed by atoms with van der Waals surface area (Å²) in [5, 5.41) is 7.17. The lowest BCUT2D eigenvalue weighted by atomic mass is 9.92. The van der Waals surface area contributed by atoms with Crippen LogP contribution in [0.1, 0.15) is 43.4 Å². The quantitative estimate of drug-likeness (QED) is 0.904. The molecule has 4 nitrogen and oxygen atoms in total. The second-order valence-electron chi connectivity index (χ2n) is 6.23. The van der Waals surface area contributed by atoms with E-state index in [-0.39, 0.29) is 0 Å². The Labute approximate surface area is 114 Å². The van der Waals surface area contributed by atoms with Crippen LogP contribution in [0.5, 0.6) is 0 Å². The lowest BCUT2D eigenvalue weighted by molar-refractivity contribution is -0.133. The molecule has 4 heteroatoms. The second-order valence-corrected chi connectivity index (χ2v) is 6.23. The van der Waals surface area contributed by atoms with E-state index in [4.69, 9.17) is 0 Å². The van der Waals surface area contributed by atoms with E-state index in [2.05, 4.69) is 22.0 Å². The molecular weight excluding hydrogens is 238 g/mol. The van der Waals surface area contributed by atoms with Gasteiger partial charge in [-0.1, -0.05) is 0 Å². The first-order chi connectivity index (χ1) is 9.22. The SMILES string of the molecule is Cc1cn[nH]c1C[C@@H]1CCCN(C(=O)CC2CC2)C1. The monoisotopic (exact) mass is 261 g/mol. The zero-order valence-corrected chi connectivity index (χ0v) is 11.7. The third-order valence-electron chi connectivity index (χ3n) is 4.46. The number of likely N-dealkylation sites (tertiary alicyclic amines) is 1. The normalized spacial score (nSPS) is 23.6. The van der Waals surface area contributed by atoms with Gasteiger partial charge in [0.05, 0.1) is 6.20 Å². The fraction of sp³-hybridized carbons (Fsp3) is 0.733. The Bertz CT molecular complexity index is 450. The highest BCUT2D eigenvalue weighted by molar-refractivity contribution is 5.76. The summed E-state index contributed by atoms with van der Waals surface area (Å²) in [6.45, 7) is 3.99. The number of piperidine rings is 1. The van der Waals surface area contributed by atoms with Crippen molar-refractivity contribution in [2.75, 3.05) is 13.1 Å². The average molecular weight is 261 g/mol. The summed E-state index contributed by atoms with van der Waals surface area (Å²) in [7, 11) is 0. The maximum absolute atomic E-state index is 12.2. The molecule has 104 valence electrons. The predicted molar refractivity (Wildman–Crippen MR) is 73.7 cm³/mol. The van der Waals surface area contributed by atoms with E-state index in [9.17, 15) is 4.79 Å². The zero-order valence-electron chi connectivity index (χ0n) is 11.7. The molecule has 1 aromatic heterocycles. The summed E-state index contributed by atoms with van der Waals surface area (Å²) < 4.78 is 0. The van der Waals surface area contributed by atoms with Gasteiger partial charge in [-0.25, -0.2) is 0 Å². The molecule has 1 aromatic rings. The first kappa shape index (κ1) is 12.7. The molecule has 1 atom stereocenters. The van der Waals surface area contributed by atoms with E-state index >= 15 is 0 Å². The highest BCUT2D eigenvalue weighted by Crippen LogP contribution is 2.33. The number of aromatic nitrogens is 2. The molecule has 0 spiro atoms. The van der Waals surface area contributed by atoms with Crippen molar-refractivity contribution in [2.45, 2.75) is 45.4 Å². The first-order valence-corrected chi connectivity index (χ1v) is 7.49. The van der Waals surface area contributed by atoms with Gasteiger partial charge in [0, 0.05) is 25.2 Å². The zero-order chi connectivity index (χ0) is 13.2. The minimum Gasteiger partial charge on any atom is -0.342 e. The van der Waals surface area contributed by atoms with Gasteiger partial charge in [-0.2, -0.15) is 5.10 Å². The summed E-state index contributed by atoms with van der Waals surface area (Å²) >= 11 is 0. The lowest BCUT2D eigenvalue weighted by Crippen LogP contribution is -2.40. The molecule has 1 N–H and O–H groups in total. The highest BCUT2D eigenvalue weighted by atomic mass is 16.2. The Morgan fingerprint density at radius 1 is 1.42 bits per heavy atom. The van der Waals surface area contributed by atoms with E-state index in [0.29, 0.717) is 17.7 Å². The molecule has 1 saturated carbocycles. The van der Waals surface area contributed by atoms with Gasteiger partial charge in [0.25, 0.3) is 0 Å². The topological polar surface area (TPSA) is 49.0 Å². The molecule has 19 heavy (non-hydrogen) atoms. The Hall–Kier alpha value is -1.32. The molecule has 1 aliphatic carbocycles. The number of amides is 1. The molecule has 0 radical (unpaired) electrons. The van der Waals surface area contributed by atoms with Crippen LogP contribution in [0, 0.1) is 18.8 Å². The third-order valence-corrected chi connectivity index (χ3v) is 4.46. The Kier molecular flexibility index (Phi) is 3.58. The maximum atomic E-state index is 12.2. The van der Waals surface area contributed by atoms with Crippen LogP contribution in [0.15, 0.2) is 6.20 Å². The first-order valence-electron chi connectivity index (χ1n) is 7.49. The summed E-state index contributed by atoms with van der Waals surface area (Å²) in [6, 6.07) is 0. The van der Waals surface area contributed by atoms with Crippen LogP contribution in [-0.4, -0.2) is 34.1 Å². The summed E-state index contributed by atoms with van der Waals surface area (Å²) in [6.07, 6.45) is 8.59. The molecule has 3 rings (SSSR count). The number of carbonyl (C=O) groups excluding carboxylic acids is 1. The molecule has 1 saturated heterocycles. The molecule has 1 aliphatic heterocycles. The number of aryl methyl sites for hydroxylation is 1. The van der Waals surface area contributed by atoms with E-state index in [0.717, 1.165) is 32.4 Å². The summed E-state index contributed by atoms with van der Waals surface area (Å²) in [5.41, 5.74) is 2.47. The maximum Gasteiger partial charge on any atom is 0.222 e. The van der Waals surface area contributed by atoms with Gasteiger partial charge >= 0.3 is 0 Å². The third kappa shape index (κ3) is 3.17. The van der Waals surface area contributed by atoms with Gasteiger partial charge in [0.1, 0.15) is 0 Å². The molecule has 2 heterocycles. The number of rotatable bonds is 4. The number of hydrogen-bond donors (Lipinski definition) is 1. The van der Waals surface area contributed by atoms with Crippen LogP contribution >= 0.6 is 0 Å². The van der Waals surface area contributed by atoms with Gasteiger partial charge < -0.3 is 4.90 Å². The van der Waals surface area contributed by atoms with E-state index < -0.39 is 0 Å². The molecule has 0 bridgehead atoms. The minimum atomic E-state index is 0.383. The van der Waals surface area contributed by atoms with Crippen molar-refractivity contribution in [3.05, 3.63) is 17.5 Å². The molecule has 0 unspecified atom stereocenters. The minimum absolute atomic E-state index is 0.383. The van der Waals surface area contributed by atoms with Crippen LogP contribution in [0.3, 0.4) is 0 Å². The van der Waals surface area contributed by atoms with Crippen LogP contribution in [0.25, 0.3) is 0 Å². The van der Waals surface area contributed by atoms with Crippen molar-refractivity contribution in [3.8, 4) is 0 Å².